The van der Waals surface area contributed by atoms with E-state index >= 15 is 0 Å². The number of carboxylic acids is 2. The van der Waals surface area contributed by atoms with Gasteiger partial charge in [0.25, 0.3) is 0 Å². The Labute approximate surface area is 74.4 Å². The zero-order valence-electron chi connectivity index (χ0n) is 6.87. The molecule has 0 aromatic heterocycles. The highest BCUT2D eigenvalue weighted by Crippen LogP contribution is 2.11. The topological polar surface area (TPSA) is 80.3 Å². The van der Waals surface area contributed by atoms with E-state index in [0.717, 1.165) is 0 Å². The van der Waals surface area contributed by atoms with E-state index in [1.807, 2.05) is 0 Å². The van der Waals surface area contributed by atoms with E-state index in [1.54, 1.807) is 0 Å². The molecule has 0 spiro atoms. The Morgan fingerprint density at radius 1 is 1.08 bits per heavy atom. The van der Waals surface area contributed by atoms with E-state index in [2.05, 4.69) is 0 Å². The van der Waals surface area contributed by atoms with Crippen molar-refractivity contribution in [2.24, 2.45) is 0 Å². The van der Waals surface area contributed by atoms with Crippen LogP contribution in [0.3, 0.4) is 0 Å². The molecular formula is C9H6O4-2. The molecule has 4 nitrogen and oxygen atoms in total. The lowest BCUT2D eigenvalue weighted by Crippen LogP contribution is -2.27. The Balaban J connectivity index is 3.35. The first kappa shape index (κ1) is 9.25. The van der Waals surface area contributed by atoms with Crippen molar-refractivity contribution in [3.63, 3.8) is 0 Å². The first-order valence-corrected chi connectivity index (χ1v) is 3.56. The van der Waals surface area contributed by atoms with Crippen LogP contribution in [-0.4, -0.2) is 11.9 Å². The number of carbonyl (C=O) groups is 2. The van der Waals surface area contributed by atoms with E-state index in [1.165, 1.54) is 25.1 Å². The zero-order chi connectivity index (χ0) is 10.0. The molecule has 0 radical (unpaired) electrons. The number of carboxylic acid groups (broad SMARTS) is 2. The van der Waals surface area contributed by atoms with Gasteiger partial charge in [-0.25, -0.2) is 0 Å². The first-order chi connectivity index (χ1) is 6.04. The molecule has 0 aliphatic heterocycles. The van der Waals surface area contributed by atoms with Crippen LogP contribution in [0, 0.1) is 6.92 Å². The summed E-state index contributed by atoms with van der Waals surface area (Å²) in [4.78, 5) is 20.9. The highest BCUT2D eigenvalue weighted by Gasteiger charge is 2.04. The van der Waals surface area contributed by atoms with Gasteiger partial charge in [-0.2, -0.15) is 0 Å². The molecule has 0 saturated heterocycles. The Morgan fingerprint density at radius 2 is 1.46 bits per heavy atom. The standard InChI is InChI=1S/C9H8O4/c1-5-6(8(10)11)3-2-4-7(5)9(12)13/h2-4H,1H3,(H,10,11)(H,12,13)/p-2. The van der Waals surface area contributed by atoms with Gasteiger partial charge in [0.15, 0.2) is 0 Å². The third-order valence-electron chi connectivity index (χ3n) is 1.77. The molecule has 0 heterocycles. The summed E-state index contributed by atoms with van der Waals surface area (Å²) >= 11 is 0. The van der Waals surface area contributed by atoms with E-state index in [4.69, 9.17) is 0 Å². The van der Waals surface area contributed by atoms with E-state index in [9.17, 15) is 19.8 Å². The third kappa shape index (κ3) is 1.66. The zero-order valence-corrected chi connectivity index (χ0v) is 6.87. The van der Waals surface area contributed by atoms with Gasteiger partial charge in [0.2, 0.25) is 0 Å². The minimum absolute atomic E-state index is 0.123. The molecule has 0 aliphatic carbocycles. The fourth-order valence-corrected chi connectivity index (χ4v) is 1.08. The molecule has 1 rings (SSSR count). The van der Waals surface area contributed by atoms with Crippen LogP contribution >= 0.6 is 0 Å². The van der Waals surface area contributed by atoms with Crippen LogP contribution in [0.25, 0.3) is 0 Å². The normalized spacial score (nSPS) is 9.62. The molecule has 1 aromatic rings. The highest BCUT2D eigenvalue weighted by atomic mass is 16.4. The number of hydrogen-bond donors (Lipinski definition) is 0. The van der Waals surface area contributed by atoms with Gasteiger partial charge >= 0.3 is 0 Å². The van der Waals surface area contributed by atoms with E-state index in [-0.39, 0.29) is 16.7 Å². The molecule has 0 amide bonds. The van der Waals surface area contributed by atoms with Gasteiger partial charge in [0.05, 0.1) is 11.9 Å². The van der Waals surface area contributed by atoms with Gasteiger partial charge in [-0.05, 0) is 12.5 Å². The summed E-state index contributed by atoms with van der Waals surface area (Å²) in [5.74, 6) is -2.78. The Kier molecular flexibility index (Phi) is 2.32. The molecule has 0 N–H and O–H groups in total. The summed E-state index contributed by atoms with van der Waals surface area (Å²) in [6.45, 7) is 1.40. The number of benzene rings is 1. The maximum atomic E-state index is 10.5. The first-order valence-electron chi connectivity index (χ1n) is 3.56. The van der Waals surface area contributed by atoms with Crippen LogP contribution in [0.15, 0.2) is 18.2 Å². The largest absolute Gasteiger partial charge is 0.545 e. The highest BCUT2D eigenvalue weighted by molar-refractivity contribution is 5.94. The third-order valence-corrected chi connectivity index (χ3v) is 1.77. The molecule has 0 aliphatic rings. The summed E-state index contributed by atoms with van der Waals surface area (Å²) in [5, 5.41) is 20.9. The second kappa shape index (κ2) is 3.26. The lowest BCUT2D eigenvalue weighted by Gasteiger charge is -2.11. The van der Waals surface area contributed by atoms with Crippen molar-refractivity contribution in [1.82, 2.24) is 0 Å². The van der Waals surface area contributed by atoms with Crippen LogP contribution in [0.4, 0.5) is 0 Å². The van der Waals surface area contributed by atoms with Crippen LogP contribution in [0.5, 0.6) is 0 Å². The van der Waals surface area contributed by atoms with Crippen molar-refractivity contribution in [3.05, 3.63) is 34.9 Å². The van der Waals surface area contributed by atoms with Gasteiger partial charge < -0.3 is 19.8 Å². The summed E-state index contributed by atoms with van der Waals surface area (Å²) in [7, 11) is 0. The fraction of sp³-hybridized carbons (Fsp3) is 0.111. The second-order valence-corrected chi connectivity index (χ2v) is 2.55. The lowest BCUT2D eigenvalue weighted by molar-refractivity contribution is -0.255. The van der Waals surface area contributed by atoms with Crippen molar-refractivity contribution in [2.75, 3.05) is 0 Å². The maximum absolute atomic E-state index is 10.5. The average molecular weight is 178 g/mol. The molecule has 13 heavy (non-hydrogen) atoms. The van der Waals surface area contributed by atoms with Crippen molar-refractivity contribution in [2.45, 2.75) is 6.92 Å². The van der Waals surface area contributed by atoms with Crippen LogP contribution in [0.1, 0.15) is 26.3 Å². The molecule has 1 aromatic carbocycles. The molecule has 0 fully saturated rings. The molecule has 0 saturated carbocycles. The maximum Gasteiger partial charge on any atom is 0.0718 e. The predicted molar refractivity (Wildman–Crippen MR) is 39.8 cm³/mol. The van der Waals surface area contributed by atoms with E-state index < -0.39 is 11.9 Å². The average Bonchev–Trinajstić information content (AvgIpc) is 2.03. The SMILES string of the molecule is Cc1c(C(=O)[O-])cccc1C(=O)[O-]. The van der Waals surface area contributed by atoms with Gasteiger partial charge in [-0.15, -0.1) is 0 Å². The summed E-state index contributed by atoms with van der Waals surface area (Å²) in [6.07, 6.45) is 0. The summed E-state index contributed by atoms with van der Waals surface area (Å²) in [5.41, 5.74) is -0.0918. The van der Waals surface area contributed by atoms with Crippen molar-refractivity contribution < 1.29 is 19.8 Å². The fourth-order valence-electron chi connectivity index (χ4n) is 1.08. The smallest absolute Gasteiger partial charge is 0.0718 e. The molecular weight excluding hydrogens is 172 g/mol. The molecule has 68 valence electrons. The minimum atomic E-state index is -1.39. The quantitative estimate of drug-likeness (QED) is 0.565. The predicted octanol–water partition coefficient (Wildman–Crippen LogP) is -1.28. The van der Waals surface area contributed by atoms with E-state index in [0.29, 0.717) is 0 Å². The Hall–Kier alpha value is -1.84. The van der Waals surface area contributed by atoms with Crippen molar-refractivity contribution in [1.29, 1.82) is 0 Å². The van der Waals surface area contributed by atoms with Gasteiger partial charge in [0.1, 0.15) is 0 Å². The number of aromatic carboxylic acids is 2. The summed E-state index contributed by atoms with van der Waals surface area (Å²) in [6, 6.07) is 3.91. The molecule has 0 bridgehead atoms. The van der Waals surface area contributed by atoms with Crippen molar-refractivity contribution >= 4 is 11.9 Å². The monoisotopic (exact) mass is 178 g/mol. The molecule has 4 heteroatoms. The van der Waals surface area contributed by atoms with Gasteiger partial charge in [-0.3, -0.25) is 0 Å². The van der Waals surface area contributed by atoms with Crippen LogP contribution in [-0.2, 0) is 0 Å². The lowest BCUT2D eigenvalue weighted by atomic mass is 10.0. The van der Waals surface area contributed by atoms with Gasteiger partial charge in [-0.1, -0.05) is 18.2 Å². The number of hydrogen-bond acceptors (Lipinski definition) is 4. The Morgan fingerprint density at radius 3 is 1.77 bits per heavy atom. The second-order valence-electron chi connectivity index (χ2n) is 2.55. The molecule has 0 unspecified atom stereocenters. The van der Waals surface area contributed by atoms with Gasteiger partial charge in [0, 0.05) is 11.1 Å². The van der Waals surface area contributed by atoms with Crippen LogP contribution < -0.4 is 10.2 Å². The number of rotatable bonds is 2. The Bertz CT molecular complexity index is 336. The van der Waals surface area contributed by atoms with Crippen LogP contribution in [0.2, 0.25) is 0 Å². The number of carbonyl (C=O) groups excluding carboxylic acids is 2. The molecule has 0 atom stereocenters. The minimum Gasteiger partial charge on any atom is -0.545 e. The summed E-state index contributed by atoms with van der Waals surface area (Å²) < 4.78 is 0. The van der Waals surface area contributed by atoms with Crippen molar-refractivity contribution in [3.8, 4) is 0 Å².